The number of hydrogen-bond donors (Lipinski definition) is 1. The van der Waals surface area contributed by atoms with Gasteiger partial charge in [0.15, 0.2) is 0 Å². The Hall–Kier alpha value is -4.09. The summed E-state index contributed by atoms with van der Waals surface area (Å²) in [5, 5.41) is 4.52. The van der Waals surface area contributed by atoms with Crippen LogP contribution < -0.4 is 9.73 Å². The highest BCUT2D eigenvalue weighted by molar-refractivity contribution is 7.92. The Kier molecular flexibility index (Phi) is 8.60. The lowest BCUT2D eigenvalue weighted by molar-refractivity contribution is -0.137. The second-order valence-electron chi connectivity index (χ2n) is 9.28. The first-order valence-electron chi connectivity index (χ1n) is 12.3. The molecule has 12 heteroatoms. The molecule has 0 spiro atoms. The van der Waals surface area contributed by atoms with Crippen LogP contribution in [0.4, 0.5) is 18.9 Å². The van der Waals surface area contributed by atoms with Crippen LogP contribution in [0.1, 0.15) is 28.1 Å². The number of nitrogens with one attached hydrogen (secondary N) is 1. The van der Waals surface area contributed by atoms with Crippen LogP contribution in [0.3, 0.4) is 0 Å². The van der Waals surface area contributed by atoms with Crippen molar-refractivity contribution in [3.05, 3.63) is 112 Å². The lowest BCUT2D eigenvalue weighted by Gasteiger charge is -2.24. The molecule has 1 heterocycles. The van der Waals surface area contributed by atoms with E-state index in [2.05, 4.69) is 10.5 Å². The van der Waals surface area contributed by atoms with Gasteiger partial charge in [0.1, 0.15) is 6.54 Å². The van der Waals surface area contributed by atoms with Crippen molar-refractivity contribution in [2.45, 2.75) is 31.8 Å². The van der Waals surface area contributed by atoms with Crippen LogP contribution >= 0.6 is 11.6 Å². The third kappa shape index (κ3) is 6.63. The summed E-state index contributed by atoms with van der Waals surface area (Å²) in [7, 11) is -4.41. The fraction of sp³-hybridized carbons (Fsp3) is 0.172. The first kappa shape index (κ1) is 29.9. The molecular weight excluding hydrogens is 577 g/mol. The number of hydrazone groups is 1. The Bertz CT molecular complexity index is 1720. The Morgan fingerprint density at radius 2 is 1.68 bits per heavy atom. The molecule has 0 fully saturated rings. The van der Waals surface area contributed by atoms with E-state index >= 15 is 0 Å². The maximum atomic E-state index is 13.5. The van der Waals surface area contributed by atoms with E-state index < -0.39 is 34.2 Å². The predicted molar refractivity (Wildman–Crippen MR) is 153 cm³/mol. The number of aryl methyl sites for hydroxylation is 2. The van der Waals surface area contributed by atoms with Crippen molar-refractivity contribution in [3.8, 4) is 5.69 Å². The summed E-state index contributed by atoms with van der Waals surface area (Å²) in [5.74, 6) is -0.853. The van der Waals surface area contributed by atoms with E-state index in [0.717, 1.165) is 34.8 Å². The number of benzene rings is 3. The number of carbonyl (C=O) groups is 1. The monoisotopic (exact) mass is 602 g/mol. The number of carbonyl (C=O) groups excluding carboxylic acids is 1. The van der Waals surface area contributed by atoms with Crippen molar-refractivity contribution in [2.24, 2.45) is 5.10 Å². The molecule has 4 aromatic rings. The van der Waals surface area contributed by atoms with Gasteiger partial charge in [0, 0.05) is 17.0 Å². The van der Waals surface area contributed by atoms with Gasteiger partial charge in [-0.15, -0.1) is 0 Å². The molecule has 1 aromatic heterocycles. The van der Waals surface area contributed by atoms with Gasteiger partial charge in [-0.05, 0) is 69.3 Å². The maximum absolute atomic E-state index is 13.5. The van der Waals surface area contributed by atoms with E-state index in [9.17, 15) is 26.4 Å². The number of anilines is 1. The zero-order chi connectivity index (χ0) is 29.9. The first-order valence-corrected chi connectivity index (χ1v) is 14.1. The Morgan fingerprint density at radius 1 is 1.00 bits per heavy atom. The fourth-order valence-corrected chi connectivity index (χ4v) is 5.88. The third-order valence-corrected chi connectivity index (χ3v) is 8.42. The molecular formula is C29H26ClF3N4O3S. The minimum absolute atomic E-state index is 0.177. The van der Waals surface area contributed by atoms with Gasteiger partial charge in [-0.3, -0.25) is 9.10 Å². The molecule has 0 saturated heterocycles. The van der Waals surface area contributed by atoms with E-state index in [4.69, 9.17) is 11.6 Å². The average Bonchev–Trinajstić information content (AvgIpc) is 3.19. The zero-order valence-electron chi connectivity index (χ0n) is 22.3. The van der Waals surface area contributed by atoms with Gasteiger partial charge in [-0.2, -0.15) is 18.3 Å². The van der Waals surface area contributed by atoms with Crippen molar-refractivity contribution in [3.63, 3.8) is 0 Å². The molecule has 0 atom stereocenters. The number of alkyl halides is 3. The smallest absolute Gasteiger partial charge is 0.316 e. The minimum atomic E-state index is -4.71. The zero-order valence-corrected chi connectivity index (χ0v) is 23.8. The molecule has 41 heavy (non-hydrogen) atoms. The van der Waals surface area contributed by atoms with Crippen molar-refractivity contribution in [1.29, 1.82) is 0 Å². The molecule has 214 valence electrons. The number of hydrogen-bond acceptors (Lipinski definition) is 4. The topological polar surface area (TPSA) is 83.8 Å². The fourth-order valence-electron chi connectivity index (χ4n) is 4.25. The van der Waals surface area contributed by atoms with Crippen LogP contribution in [0.15, 0.2) is 88.9 Å². The lowest BCUT2D eigenvalue weighted by Crippen LogP contribution is -2.39. The summed E-state index contributed by atoms with van der Waals surface area (Å²) in [6.07, 6.45) is -3.31. The molecule has 0 aliphatic rings. The molecule has 0 bridgehead atoms. The molecule has 0 aliphatic heterocycles. The van der Waals surface area contributed by atoms with Crippen LogP contribution in [0.25, 0.3) is 5.69 Å². The Labute approximate surface area is 240 Å². The number of amides is 1. The number of rotatable bonds is 8. The minimum Gasteiger partial charge on any atom is -0.316 e. The number of sulfonamides is 1. The average molecular weight is 603 g/mol. The van der Waals surface area contributed by atoms with E-state index in [1.54, 1.807) is 25.1 Å². The predicted octanol–water partition coefficient (Wildman–Crippen LogP) is 6.42. The third-order valence-electron chi connectivity index (χ3n) is 6.31. The van der Waals surface area contributed by atoms with Crippen LogP contribution in [0, 0.1) is 20.8 Å². The summed E-state index contributed by atoms with van der Waals surface area (Å²) in [5.41, 5.74) is 4.80. The molecule has 0 aliphatic carbocycles. The summed E-state index contributed by atoms with van der Waals surface area (Å²) in [6.45, 7) is 4.68. The van der Waals surface area contributed by atoms with Crippen molar-refractivity contribution < 1.29 is 26.4 Å². The summed E-state index contributed by atoms with van der Waals surface area (Å²) < 4.78 is 69.8. The van der Waals surface area contributed by atoms with E-state index in [0.29, 0.717) is 21.0 Å². The number of para-hydroxylation sites is 1. The van der Waals surface area contributed by atoms with Crippen LogP contribution in [0.5, 0.6) is 0 Å². The van der Waals surface area contributed by atoms with Crippen molar-refractivity contribution in [1.82, 2.24) is 9.99 Å². The molecule has 4 rings (SSSR count). The summed E-state index contributed by atoms with van der Waals surface area (Å²) in [6, 6.07) is 18.7. The highest BCUT2D eigenvalue weighted by atomic mass is 35.5. The second kappa shape index (κ2) is 11.8. The highest BCUT2D eigenvalue weighted by Gasteiger charge is 2.33. The van der Waals surface area contributed by atoms with Gasteiger partial charge < -0.3 is 4.57 Å². The summed E-state index contributed by atoms with van der Waals surface area (Å²) in [4.78, 5) is 12.7. The van der Waals surface area contributed by atoms with Gasteiger partial charge in [0.2, 0.25) is 0 Å². The molecule has 1 N–H and O–H groups in total. The van der Waals surface area contributed by atoms with Crippen LogP contribution in [-0.2, 0) is 21.0 Å². The quantitative estimate of drug-likeness (QED) is 0.187. The van der Waals surface area contributed by atoms with E-state index in [1.165, 1.54) is 24.4 Å². The van der Waals surface area contributed by atoms with Gasteiger partial charge in [0.25, 0.3) is 15.9 Å². The van der Waals surface area contributed by atoms with Crippen molar-refractivity contribution >= 4 is 39.4 Å². The molecule has 3 aromatic carbocycles. The van der Waals surface area contributed by atoms with Gasteiger partial charge in [-0.25, -0.2) is 13.8 Å². The van der Waals surface area contributed by atoms with Gasteiger partial charge in [-0.1, -0.05) is 47.5 Å². The van der Waals surface area contributed by atoms with E-state index in [-0.39, 0.29) is 10.6 Å². The van der Waals surface area contributed by atoms with Gasteiger partial charge >= 0.3 is 6.18 Å². The lowest BCUT2D eigenvalue weighted by atomic mass is 10.2. The number of halogens is 4. The molecule has 0 unspecified atom stereocenters. The van der Waals surface area contributed by atoms with Crippen LogP contribution in [-0.4, -0.2) is 31.7 Å². The second-order valence-corrected chi connectivity index (χ2v) is 11.5. The molecule has 1 amide bonds. The van der Waals surface area contributed by atoms with Gasteiger partial charge in [0.05, 0.1) is 33.1 Å². The first-order chi connectivity index (χ1) is 19.3. The SMILES string of the molecule is Cc1ccc(S(=O)(=O)N(CC(=O)N/N=C\c2cc(C)n(-c3ccccc3Cl)c2C)c2cccc(C(F)(F)F)c2)cc1. The van der Waals surface area contributed by atoms with E-state index in [1.807, 2.05) is 42.7 Å². The number of aromatic nitrogens is 1. The largest absolute Gasteiger partial charge is 0.416 e. The van der Waals surface area contributed by atoms with Crippen molar-refractivity contribution in [2.75, 3.05) is 10.8 Å². The maximum Gasteiger partial charge on any atom is 0.416 e. The number of nitrogens with zero attached hydrogens (tertiary/aromatic N) is 3. The summed E-state index contributed by atoms with van der Waals surface area (Å²) >= 11 is 6.35. The molecule has 0 saturated carbocycles. The molecule has 0 radical (unpaired) electrons. The molecule has 7 nitrogen and oxygen atoms in total. The normalized spacial score (nSPS) is 12.1. The Balaban J connectivity index is 1.61. The highest BCUT2D eigenvalue weighted by Crippen LogP contribution is 2.33. The standard InChI is InChI=1S/C29H26ClF3N4O3S/c1-19-11-13-25(14-12-19)41(39,40)36(24-8-6-7-23(16-24)29(31,32)33)18-28(38)35-34-17-22-15-20(2)37(21(22)3)27-10-5-4-9-26(27)30/h4-17H,18H2,1-3H3,(H,35,38)/b34-17-. The Morgan fingerprint density at radius 3 is 2.34 bits per heavy atom. The van der Waals surface area contributed by atoms with Crippen LogP contribution in [0.2, 0.25) is 5.02 Å².